The molecule has 2 aromatic carbocycles. The molecule has 0 unspecified atom stereocenters. The van der Waals surface area contributed by atoms with E-state index < -0.39 is 12.2 Å². The van der Waals surface area contributed by atoms with E-state index in [2.05, 4.69) is 27.5 Å². The second-order valence-corrected chi connectivity index (χ2v) is 13.6. The number of ether oxygens (including phenoxy) is 1. The van der Waals surface area contributed by atoms with Crippen LogP contribution in [0.15, 0.2) is 48.7 Å². The highest BCUT2D eigenvalue weighted by atomic mass is 16.6. The fourth-order valence-corrected chi connectivity index (χ4v) is 7.88. The number of aromatic nitrogens is 2. The predicted molar refractivity (Wildman–Crippen MR) is 175 cm³/mol. The maximum atomic E-state index is 14.0. The highest BCUT2D eigenvalue weighted by Crippen LogP contribution is 2.33. The van der Waals surface area contributed by atoms with Crippen molar-refractivity contribution in [2.75, 3.05) is 51.6 Å². The average Bonchev–Trinajstić information content (AvgIpc) is 3.56. The molecule has 5 heterocycles. The van der Waals surface area contributed by atoms with Crippen LogP contribution in [0.5, 0.6) is 0 Å². The van der Waals surface area contributed by atoms with Crippen LogP contribution in [-0.2, 0) is 22.5 Å². The van der Waals surface area contributed by atoms with Crippen molar-refractivity contribution in [3.05, 3.63) is 59.8 Å². The molecule has 0 bridgehead atoms. The Kier molecular flexibility index (Phi) is 8.84. The third-order valence-electron chi connectivity index (χ3n) is 10.7. The molecule has 11 nitrogen and oxygen atoms in total. The van der Waals surface area contributed by atoms with Gasteiger partial charge in [-0.05, 0) is 99.8 Å². The Morgan fingerprint density at radius 1 is 0.913 bits per heavy atom. The number of rotatable bonds is 6. The summed E-state index contributed by atoms with van der Waals surface area (Å²) in [6.45, 7) is 5.22. The molecule has 0 radical (unpaired) electrons. The first-order valence-electron chi connectivity index (χ1n) is 16.9. The number of fused-ring (bicyclic) bond motifs is 2. The van der Waals surface area contributed by atoms with Crippen molar-refractivity contribution in [3.8, 4) is 0 Å². The number of amides is 4. The molecular weight excluding hydrogens is 582 g/mol. The molecule has 1 aromatic heterocycles. The molecule has 7 rings (SSSR count). The molecule has 4 aliphatic rings. The molecule has 0 aliphatic carbocycles. The van der Waals surface area contributed by atoms with E-state index in [1.807, 2.05) is 52.3 Å². The standard InChI is InChI=1S/C35H45N7O4/c1-39-14-8-25(9-15-39)26-10-16-40(17-11-26)33(43)32(21-24-6-7-31-28(20-24)22-36-38-31)46-35(45)41-18-12-29(13-19-41)42-23-27-4-2-3-5-30(27)37-34(42)44/h2-7,20,22,25-26,29,32H,8-19,21,23H2,1H3,(H,36,38)(H,37,44)/t32-/m1/s1. The van der Waals surface area contributed by atoms with Gasteiger partial charge in [-0.3, -0.25) is 9.89 Å². The average molecular weight is 628 g/mol. The lowest BCUT2D eigenvalue weighted by Crippen LogP contribution is -2.52. The van der Waals surface area contributed by atoms with E-state index in [9.17, 15) is 14.4 Å². The summed E-state index contributed by atoms with van der Waals surface area (Å²) < 4.78 is 6.08. The minimum absolute atomic E-state index is 0.0300. The van der Waals surface area contributed by atoms with E-state index in [0.29, 0.717) is 57.9 Å². The van der Waals surface area contributed by atoms with E-state index in [1.165, 1.54) is 12.8 Å². The molecule has 244 valence electrons. The molecule has 0 spiro atoms. The molecule has 1 atom stereocenters. The number of piperidine rings is 3. The van der Waals surface area contributed by atoms with Crippen molar-refractivity contribution in [3.63, 3.8) is 0 Å². The normalized spacial score (nSPS) is 21.2. The zero-order valence-electron chi connectivity index (χ0n) is 26.7. The fraction of sp³-hybridized carbons (Fsp3) is 0.543. The predicted octanol–water partition coefficient (Wildman–Crippen LogP) is 4.70. The molecule has 3 saturated heterocycles. The molecule has 0 saturated carbocycles. The van der Waals surface area contributed by atoms with Gasteiger partial charge in [-0.25, -0.2) is 9.59 Å². The Bertz CT molecular complexity index is 1550. The molecule has 46 heavy (non-hydrogen) atoms. The van der Waals surface area contributed by atoms with Gasteiger partial charge in [0.05, 0.1) is 11.7 Å². The van der Waals surface area contributed by atoms with Crippen LogP contribution in [0.4, 0.5) is 15.3 Å². The van der Waals surface area contributed by atoms with Gasteiger partial charge in [0.15, 0.2) is 6.10 Å². The number of carbonyl (C=O) groups is 3. The van der Waals surface area contributed by atoms with Gasteiger partial charge in [0, 0.05) is 56.3 Å². The molecule has 3 aromatic rings. The first-order chi connectivity index (χ1) is 22.4. The van der Waals surface area contributed by atoms with Crippen molar-refractivity contribution in [1.82, 2.24) is 29.8 Å². The summed E-state index contributed by atoms with van der Waals surface area (Å²) in [5.74, 6) is 1.28. The van der Waals surface area contributed by atoms with Crippen molar-refractivity contribution in [2.45, 2.75) is 63.6 Å². The summed E-state index contributed by atoms with van der Waals surface area (Å²) in [4.78, 5) is 48.3. The molecular formula is C35H45N7O4. The van der Waals surface area contributed by atoms with Gasteiger partial charge in [-0.1, -0.05) is 24.3 Å². The number of nitrogens with zero attached hydrogens (tertiary/aromatic N) is 5. The Hall–Kier alpha value is -4.12. The molecule has 4 aliphatic heterocycles. The van der Waals surface area contributed by atoms with E-state index in [-0.39, 0.29) is 18.0 Å². The SMILES string of the molecule is CN1CCC(C2CCN(C(=O)[C@@H](Cc3ccc4[nH]ncc4c3)OC(=O)N3CCC(N4Cc5ccccc5NC4=O)CC3)CC2)CC1. The molecule has 4 amide bonds. The third kappa shape index (κ3) is 6.56. The number of urea groups is 1. The number of hydrogen-bond donors (Lipinski definition) is 2. The van der Waals surface area contributed by atoms with Crippen molar-refractivity contribution in [2.24, 2.45) is 11.8 Å². The zero-order valence-corrected chi connectivity index (χ0v) is 26.7. The van der Waals surface area contributed by atoms with Crippen molar-refractivity contribution < 1.29 is 19.1 Å². The molecule has 2 N–H and O–H groups in total. The number of benzene rings is 2. The van der Waals surface area contributed by atoms with Gasteiger partial charge in [-0.2, -0.15) is 5.10 Å². The molecule has 3 fully saturated rings. The number of anilines is 1. The van der Waals surface area contributed by atoms with Crippen LogP contribution in [0.25, 0.3) is 10.9 Å². The van der Waals surface area contributed by atoms with E-state index in [4.69, 9.17) is 4.74 Å². The number of likely N-dealkylation sites (tertiary alicyclic amines) is 3. The largest absolute Gasteiger partial charge is 0.436 e. The number of aromatic amines is 1. The van der Waals surface area contributed by atoms with E-state index in [1.54, 1.807) is 11.1 Å². The minimum Gasteiger partial charge on any atom is -0.436 e. The van der Waals surface area contributed by atoms with Gasteiger partial charge in [0.2, 0.25) is 0 Å². The molecule has 11 heteroatoms. The maximum absolute atomic E-state index is 14.0. The number of carbonyl (C=O) groups excluding carboxylic acids is 3. The first kappa shape index (κ1) is 30.5. The lowest BCUT2D eigenvalue weighted by Gasteiger charge is -2.41. The monoisotopic (exact) mass is 627 g/mol. The van der Waals surface area contributed by atoms with Gasteiger partial charge in [0.1, 0.15) is 0 Å². The topological polar surface area (TPSA) is 114 Å². The number of nitrogens with one attached hydrogen (secondary N) is 2. The number of hydrogen-bond acceptors (Lipinski definition) is 6. The second kappa shape index (κ2) is 13.3. The van der Waals surface area contributed by atoms with Gasteiger partial charge in [0.25, 0.3) is 5.91 Å². The Morgan fingerprint density at radius 2 is 1.61 bits per heavy atom. The van der Waals surface area contributed by atoms with Crippen LogP contribution in [-0.4, -0.2) is 106 Å². The Morgan fingerprint density at radius 3 is 2.37 bits per heavy atom. The van der Waals surface area contributed by atoms with Gasteiger partial charge in [-0.15, -0.1) is 0 Å². The van der Waals surface area contributed by atoms with Crippen molar-refractivity contribution in [1.29, 1.82) is 0 Å². The van der Waals surface area contributed by atoms with Gasteiger partial charge < -0.3 is 29.7 Å². The zero-order chi connectivity index (χ0) is 31.6. The van der Waals surface area contributed by atoms with Crippen LogP contribution in [0.3, 0.4) is 0 Å². The summed E-state index contributed by atoms with van der Waals surface area (Å²) in [5.41, 5.74) is 3.80. The van der Waals surface area contributed by atoms with E-state index in [0.717, 1.165) is 59.6 Å². The van der Waals surface area contributed by atoms with Crippen LogP contribution in [0.2, 0.25) is 0 Å². The van der Waals surface area contributed by atoms with Crippen LogP contribution < -0.4 is 5.32 Å². The summed E-state index contributed by atoms with van der Waals surface area (Å²) in [6, 6.07) is 13.7. The van der Waals surface area contributed by atoms with Crippen molar-refractivity contribution >= 4 is 34.6 Å². The summed E-state index contributed by atoms with van der Waals surface area (Å²) in [7, 11) is 2.19. The smallest absolute Gasteiger partial charge is 0.410 e. The second-order valence-electron chi connectivity index (χ2n) is 13.6. The first-order valence-corrected chi connectivity index (χ1v) is 16.9. The quantitative estimate of drug-likeness (QED) is 0.410. The van der Waals surface area contributed by atoms with Gasteiger partial charge >= 0.3 is 12.1 Å². The summed E-state index contributed by atoms with van der Waals surface area (Å²) >= 11 is 0. The fourth-order valence-electron chi connectivity index (χ4n) is 7.88. The highest BCUT2D eigenvalue weighted by Gasteiger charge is 2.37. The third-order valence-corrected chi connectivity index (χ3v) is 10.7. The van der Waals surface area contributed by atoms with Crippen LogP contribution in [0.1, 0.15) is 49.7 Å². The summed E-state index contributed by atoms with van der Waals surface area (Å²) in [5, 5.41) is 11.0. The lowest BCUT2D eigenvalue weighted by atomic mass is 9.79. The van der Waals surface area contributed by atoms with E-state index >= 15 is 0 Å². The number of para-hydroxylation sites is 1. The minimum atomic E-state index is -0.904. The van der Waals surface area contributed by atoms with Crippen LogP contribution >= 0.6 is 0 Å². The lowest BCUT2D eigenvalue weighted by molar-refractivity contribution is -0.142. The van der Waals surface area contributed by atoms with Crippen LogP contribution in [0, 0.1) is 11.8 Å². The summed E-state index contributed by atoms with van der Waals surface area (Å²) in [6.07, 6.45) is 6.50. The highest BCUT2D eigenvalue weighted by molar-refractivity contribution is 5.92. The maximum Gasteiger partial charge on any atom is 0.410 e. The Labute approximate surface area is 270 Å². The number of H-pyrrole nitrogens is 1. The Balaban J connectivity index is 0.989.